The van der Waals surface area contributed by atoms with E-state index < -0.39 is 5.67 Å². The van der Waals surface area contributed by atoms with Gasteiger partial charge in [-0.05, 0) is 32.3 Å². The smallest absolute Gasteiger partial charge is 0.120 e. The van der Waals surface area contributed by atoms with Gasteiger partial charge in [-0.3, -0.25) is 0 Å². The highest BCUT2D eigenvalue weighted by molar-refractivity contribution is 5.22. The third kappa shape index (κ3) is 3.46. The number of benzene rings is 1. The summed E-state index contributed by atoms with van der Waals surface area (Å²) in [5.74, 6) is 0. The van der Waals surface area contributed by atoms with E-state index in [1.165, 1.54) is 11.1 Å². The quantitative estimate of drug-likeness (QED) is 0.785. The third-order valence-electron chi connectivity index (χ3n) is 2.44. The molecule has 1 unspecified atom stereocenters. The molecule has 0 saturated heterocycles. The zero-order chi connectivity index (χ0) is 10.6. The molecular weight excluding hydrogens is 177 g/mol. The van der Waals surface area contributed by atoms with Crippen LogP contribution >= 0.6 is 0 Å². The number of alkyl halides is 1. The van der Waals surface area contributed by atoms with Crippen LogP contribution in [0.25, 0.3) is 0 Å². The first-order chi connectivity index (χ1) is 6.53. The molecule has 2 N–H and O–H groups in total. The van der Waals surface area contributed by atoms with Crippen molar-refractivity contribution in [3.8, 4) is 0 Å². The topological polar surface area (TPSA) is 26.0 Å². The number of nitrogens with two attached hydrogens (primary N) is 1. The Morgan fingerprint density at radius 2 is 2.14 bits per heavy atom. The van der Waals surface area contributed by atoms with E-state index in [9.17, 15) is 4.39 Å². The highest BCUT2D eigenvalue weighted by Crippen LogP contribution is 2.17. The summed E-state index contributed by atoms with van der Waals surface area (Å²) in [6, 6.07) is 8.16. The minimum absolute atomic E-state index is 0.0960. The second-order valence-corrected chi connectivity index (χ2v) is 4.11. The van der Waals surface area contributed by atoms with Crippen molar-refractivity contribution in [2.75, 3.05) is 6.54 Å². The van der Waals surface area contributed by atoms with Gasteiger partial charge in [-0.1, -0.05) is 29.8 Å². The predicted octanol–water partition coefficient (Wildman–Crippen LogP) is 2.61. The van der Waals surface area contributed by atoms with Gasteiger partial charge in [0.05, 0.1) is 0 Å². The van der Waals surface area contributed by atoms with Crippen LogP contribution in [0, 0.1) is 6.92 Å². The highest BCUT2D eigenvalue weighted by atomic mass is 19.1. The maximum absolute atomic E-state index is 13.5. The monoisotopic (exact) mass is 195 g/mol. The lowest BCUT2D eigenvalue weighted by Crippen LogP contribution is -2.29. The summed E-state index contributed by atoms with van der Waals surface area (Å²) >= 11 is 0. The molecule has 2 heteroatoms. The highest BCUT2D eigenvalue weighted by Gasteiger charge is 2.20. The molecule has 78 valence electrons. The Morgan fingerprint density at radius 1 is 1.43 bits per heavy atom. The lowest BCUT2D eigenvalue weighted by molar-refractivity contribution is 0.186. The summed E-state index contributed by atoms with van der Waals surface area (Å²) in [6.07, 6.45) is 1.25. The van der Waals surface area contributed by atoms with Gasteiger partial charge in [0.15, 0.2) is 0 Å². The Kier molecular flexibility index (Phi) is 3.64. The van der Waals surface area contributed by atoms with E-state index in [2.05, 4.69) is 6.07 Å². The van der Waals surface area contributed by atoms with Crippen LogP contribution in [-0.2, 0) is 6.42 Å². The van der Waals surface area contributed by atoms with Crippen LogP contribution in [0.15, 0.2) is 24.3 Å². The van der Waals surface area contributed by atoms with E-state index in [0.717, 1.165) is 6.42 Å². The van der Waals surface area contributed by atoms with Crippen molar-refractivity contribution in [2.24, 2.45) is 5.73 Å². The van der Waals surface area contributed by atoms with Crippen molar-refractivity contribution in [1.29, 1.82) is 0 Å². The first-order valence-electron chi connectivity index (χ1n) is 4.98. The van der Waals surface area contributed by atoms with Gasteiger partial charge in [0.25, 0.3) is 0 Å². The van der Waals surface area contributed by atoms with Crippen LogP contribution in [0.5, 0.6) is 0 Å². The molecule has 1 rings (SSSR count). The van der Waals surface area contributed by atoms with Crippen LogP contribution in [0.2, 0.25) is 0 Å². The summed E-state index contributed by atoms with van der Waals surface area (Å²) in [5.41, 5.74) is 6.49. The van der Waals surface area contributed by atoms with E-state index >= 15 is 0 Å². The summed E-state index contributed by atoms with van der Waals surface area (Å²) in [6.45, 7) is 3.70. The summed E-state index contributed by atoms with van der Waals surface area (Å²) < 4.78 is 13.5. The van der Waals surface area contributed by atoms with E-state index in [1.807, 2.05) is 25.1 Å². The SMILES string of the molecule is Cc1cccc(CCC(C)(F)CN)c1. The van der Waals surface area contributed by atoms with Crippen LogP contribution in [0.3, 0.4) is 0 Å². The molecule has 0 aromatic heterocycles. The largest absolute Gasteiger partial charge is 0.328 e. The zero-order valence-corrected chi connectivity index (χ0v) is 8.89. The molecule has 14 heavy (non-hydrogen) atoms. The van der Waals surface area contributed by atoms with Crippen molar-refractivity contribution < 1.29 is 4.39 Å². The summed E-state index contributed by atoms with van der Waals surface area (Å²) in [4.78, 5) is 0. The first kappa shape index (κ1) is 11.2. The average molecular weight is 195 g/mol. The molecule has 0 fully saturated rings. The Hall–Kier alpha value is -0.890. The molecule has 0 aliphatic carbocycles. The number of hydrogen-bond donors (Lipinski definition) is 1. The van der Waals surface area contributed by atoms with Gasteiger partial charge in [0, 0.05) is 6.54 Å². The molecule has 1 nitrogen and oxygen atoms in total. The van der Waals surface area contributed by atoms with Gasteiger partial charge in [0.1, 0.15) is 5.67 Å². The van der Waals surface area contributed by atoms with Gasteiger partial charge in [-0.15, -0.1) is 0 Å². The number of aryl methyl sites for hydroxylation is 2. The fourth-order valence-electron chi connectivity index (χ4n) is 1.37. The van der Waals surface area contributed by atoms with Gasteiger partial charge in [-0.2, -0.15) is 0 Å². The number of hydrogen-bond acceptors (Lipinski definition) is 1. The second-order valence-electron chi connectivity index (χ2n) is 4.11. The standard InChI is InChI=1S/C12H18FN/c1-10-4-3-5-11(8-10)6-7-12(2,13)9-14/h3-5,8H,6-7,9,14H2,1-2H3. The molecule has 1 aromatic carbocycles. The Morgan fingerprint density at radius 3 is 2.71 bits per heavy atom. The molecule has 0 amide bonds. The average Bonchev–Trinajstić information content (AvgIpc) is 2.15. The fraction of sp³-hybridized carbons (Fsp3) is 0.500. The molecule has 0 aliphatic heterocycles. The maximum Gasteiger partial charge on any atom is 0.120 e. The lowest BCUT2D eigenvalue weighted by atomic mass is 9.98. The predicted molar refractivity (Wildman–Crippen MR) is 58.1 cm³/mol. The van der Waals surface area contributed by atoms with Gasteiger partial charge in [-0.25, -0.2) is 4.39 Å². The van der Waals surface area contributed by atoms with Crippen molar-refractivity contribution in [1.82, 2.24) is 0 Å². The van der Waals surface area contributed by atoms with Crippen LogP contribution in [-0.4, -0.2) is 12.2 Å². The second kappa shape index (κ2) is 4.56. The molecule has 1 atom stereocenters. The molecule has 0 spiro atoms. The van der Waals surface area contributed by atoms with Crippen molar-refractivity contribution in [3.63, 3.8) is 0 Å². The maximum atomic E-state index is 13.5. The van der Waals surface area contributed by atoms with E-state index in [1.54, 1.807) is 6.92 Å². The van der Waals surface area contributed by atoms with Crippen LogP contribution in [0.4, 0.5) is 4.39 Å². The molecule has 0 aliphatic rings. The van der Waals surface area contributed by atoms with E-state index in [-0.39, 0.29) is 6.54 Å². The molecule has 0 saturated carbocycles. The number of rotatable bonds is 4. The number of halogens is 1. The van der Waals surface area contributed by atoms with E-state index in [4.69, 9.17) is 5.73 Å². The summed E-state index contributed by atoms with van der Waals surface area (Å²) in [7, 11) is 0. The fourth-order valence-corrected chi connectivity index (χ4v) is 1.37. The van der Waals surface area contributed by atoms with Crippen molar-refractivity contribution in [2.45, 2.75) is 32.4 Å². The Labute approximate surface area is 85.1 Å². The Balaban J connectivity index is 2.54. The zero-order valence-electron chi connectivity index (χ0n) is 8.89. The van der Waals surface area contributed by atoms with Gasteiger partial charge < -0.3 is 5.73 Å². The molecular formula is C12H18FN. The first-order valence-corrected chi connectivity index (χ1v) is 4.98. The van der Waals surface area contributed by atoms with E-state index in [0.29, 0.717) is 6.42 Å². The van der Waals surface area contributed by atoms with Crippen molar-refractivity contribution >= 4 is 0 Å². The van der Waals surface area contributed by atoms with Crippen LogP contribution < -0.4 is 5.73 Å². The molecule has 0 radical (unpaired) electrons. The summed E-state index contributed by atoms with van der Waals surface area (Å²) in [5, 5.41) is 0. The van der Waals surface area contributed by atoms with Gasteiger partial charge in [0.2, 0.25) is 0 Å². The minimum atomic E-state index is -1.23. The molecule has 1 aromatic rings. The molecule has 0 bridgehead atoms. The third-order valence-corrected chi connectivity index (χ3v) is 2.44. The minimum Gasteiger partial charge on any atom is -0.328 e. The Bertz CT molecular complexity index is 294. The van der Waals surface area contributed by atoms with Gasteiger partial charge >= 0.3 is 0 Å². The molecule has 0 heterocycles. The normalized spacial score (nSPS) is 15.1. The lowest BCUT2D eigenvalue weighted by Gasteiger charge is -2.17. The van der Waals surface area contributed by atoms with Crippen molar-refractivity contribution in [3.05, 3.63) is 35.4 Å². The van der Waals surface area contributed by atoms with Crippen LogP contribution in [0.1, 0.15) is 24.5 Å².